The van der Waals surface area contributed by atoms with E-state index >= 15 is 0 Å². The number of carbonyl (C=O) groups excluding carboxylic acids is 1. The molecule has 1 amide bonds. The van der Waals surface area contributed by atoms with Gasteiger partial charge in [0.25, 0.3) is 0 Å². The van der Waals surface area contributed by atoms with E-state index < -0.39 is 17.8 Å². The van der Waals surface area contributed by atoms with Gasteiger partial charge in [0.15, 0.2) is 5.69 Å². The monoisotopic (exact) mass is 263 g/mol. The van der Waals surface area contributed by atoms with Gasteiger partial charge in [-0.3, -0.25) is 4.79 Å². The lowest BCUT2D eigenvalue weighted by molar-refractivity contribution is -0.141. The molecule has 0 saturated carbocycles. The number of aromatic nitrogens is 2. The Morgan fingerprint density at radius 1 is 1.44 bits per heavy atom. The number of anilines is 2. The molecule has 0 radical (unpaired) electrons. The third-order valence-electron chi connectivity index (χ3n) is 1.84. The lowest BCUT2D eigenvalue weighted by Crippen LogP contribution is -2.29. The van der Waals surface area contributed by atoms with Gasteiger partial charge in [-0.2, -0.15) is 18.2 Å². The second-order valence-corrected chi connectivity index (χ2v) is 3.30. The van der Waals surface area contributed by atoms with E-state index in [2.05, 4.69) is 20.6 Å². The maximum Gasteiger partial charge on any atom is 0.433 e. The molecule has 0 saturated heterocycles. The third kappa shape index (κ3) is 4.07. The molecule has 0 bridgehead atoms. The minimum atomic E-state index is -4.61. The van der Waals surface area contributed by atoms with Gasteiger partial charge in [-0.15, -0.1) is 0 Å². The van der Waals surface area contributed by atoms with Crippen molar-refractivity contribution in [2.75, 3.05) is 24.1 Å². The van der Waals surface area contributed by atoms with Crippen LogP contribution in [-0.4, -0.2) is 29.0 Å². The fourth-order valence-corrected chi connectivity index (χ4v) is 1.13. The van der Waals surface area contributed by atoms with Crippen LogP contribution < -0.4 is 16.4 Å². The van der Waals surface area contributed by atoms with Gasteiger partial charge in [0, 0.05) is 12.6 Å². The van der Waals surface area contributed by atoms with Crippen molar-refractivity contribution in [2.45, 2.75) is 13.1 Å². The van der Waals surface area contributed by atoms with E-state index in [0.29, 0.717) is 12.6 Å². The molecule has 18 heavy (non-hydrogen) atoms. The number of nitrogens with zero attached hydrogens (tertiary/aromatic N) is 2. The predicted molar refractivity (Wildman–Crippen MR) is 58.6 cm³/mol. The largest absolute Gasteiger partial charge is 0.433 e. The Kier molecular flexibility index (Phi) is 4.29. The molecule has 1 aromatic heterocycles. The van der Waals surface area contributed by atoms with Crippen molar-refractivity contribution >= 4 is 17.7 Å². The van der Waals surface area contributed by atoms with Crippen LogP contribution in [0.2, 0.25) is 0 Å². The minimum Gasteiger partial charge on any atom is -0.368 e. The highest BCUT2D eigenvalue weighted by molar-refractivity contribution is 5.80. The molecule has 0 atom stereocenters. The molecule has 0 aromatic carbocycles. The maximum atomic E-state index is 12.4. The molecule has 0 unspecified atom stereocenters. The average molecular weight is 263 g/mol. The molecule has 0 aliphatic rings. The van der Waals surface area contributed by atoms with Crippen LogP contribution in [0.15, 0.2) is 6.07 Å². The number of amides is 1. The second kappa shape index (κ2) is 5.52. The Morgan fingerprint density at radius 3 is 2.67 bits per heavy atom. The summed E-state index contributed by atoms with van der Waals surface area (Å²) < 4.78 is 37.2. The first-order valence-electron chi connectivity index (χ1n) is 5.05. The predicted octanol–water partition coefficient (Wildman–Crippen LogP) is 0.626. The summed E-state index contributed by atoms with van der Waals surface area (Å²) in [6, 6.07) is 0.690. The van der Waals surface area contributed by atoms with E-state index in [1.807, 2.05) is 0 Å². The summed E-state index contributed by atoms with van der Waals surface area (Å²) in [7, 11) is 0. The van der Waals surface area contributed by atoms with Crippen LogP contribution in [0.1, 0.15) is 12.6 Å². The second-order valence-electron chi connectivity index (χ2n) is 3.30. The molecule has 0 spiro atoms. The van der Waals surface area contributed by atoms with Crippen LogP contribution in [0.3, 0.4) is 0 Å². The molecule has 1 heterocycles. The van der Waals surface area contributed by atoms with Crippen molar-refractivity contribution in [3.05, 3.63) is 11.8 Å². The standard InChI is InChI=1S/C9H12F3N5O/c1-2-14-7(18)4-15-6-3-5(9(10,11)12)16-8(13)17-6/h3H,2,4H2,1H3,(H,14,18)(H3,13,15,16,17). The highest BCUT2D eigenvalue weighted by atomic mass is 19.4. The molecule has 1 rings (SSSR count). The number of nitrogen functional groups attached to an aromatic ring is 1. The topological polar surface area (TPSA) is 92.9 Å². The molecule has 0 aliphatic heterocycles. The summed E-state index contributed by atoms with van der Waals surface area (Å²) in [6.07, 6.45) is -4.61. The number of halogens is 3. The number of hydrogen-bond acceptors (Lipinski definition) is 5. The highest BCUT2D eigenvalue weighted by Gasteiger charge is 2.33. The van der Waals surface area contributed by atoms with Crippen LogP contribution >= 0.6 is 0 Å². The summed E-state index contributed by atoms with van der Waals surface area (Å²) in [5, 5.41) is 4.92. The average Bonchev–Trinajstić information content (AvgIpc) is 2.25. The van der Waals surface area contributed by atoms with Crippen LogP contribution in [0, 0.1) is 0 Å². The molecule has 4 N–H and O–H groups in total. The van der Waals surface area contributed by atoms with Crippen LogP contribution in [-0.2, 0) is 11.0 Å². The number of hydrogen-bond donors (Lipinski definition) is 3. The summed E-state index contributed by atoms with van der Waals surface area (Å²) in [5.74, 6) is -1.02. The zero-order chi connectivity index (χ0) is 13.8. The van der Waals surface area contributed by atoms with E-state index in [1.165, 1.54) is 0 Å². The Morgan fingerprint density at radius 2 is 2.11 bits per heavy atom. The van der Waals surface area contributed by atoms with Gasteiger partial charge in [-0.25, -0.2) is 4.98 Å². The molecule has 9 heteroatoms. The third-order valence-corrected chi connectivity index (χ3v) is 1.84. The smallest absolute Gasteiger partial charge is 0.368 e. The Balaban J connectivity index is 2.78. The molecule has 6 nitrogen and oxygen atoms in total. The van der Waals surface area contributed by atoms with E-state index in [4.69, 9.17) is 5.73 Å². The Labute approximate surface area is 101 Å². The van der Waals surface area contributed by atoms with Crippen molar-refractivity contribution in [3.8, 4) is 0 Å². The van der Waals surface area contributed by atoms with Crippen molar-refractivity contribution in [1.29, 1.82) is 0 Å². The fourth-order valence-electron chi connectivity index (χ4n) is 1.13. The minimum absolute atomic E-state index is 0.152. The SMILES string of the molecule is CCNC(=O)CNc1cc(C(F)(F)F)nc(N)n1. The van der Waals surface area contributed by atoms with Gasteiger partial charge in [-0.05, 0) is 6.92 Å². The Bertz CT molecular complexity index is 435. The number of nitrogens with one attached hydrogen (secondary N) is 2. The van der Waals surface area contributed by atoms with Crippen LogP contribution in [0.4, 0.5) is 24.9 Å². The normalized spacial score (nSPS) is 11.1. The molecule has 0 fully saturated rings. The van der Waals surface area contributed by atoms with Crippen molar-refractivity contribution in [1.82, 2.24) is 15.3 Å². The van der Waals surface area contributed by atoms with Gasteiger partial charge in [-0.1, -0.05) is 0 Å². The highest BCUT2D eigenvalue weighted by Crippen LogP contribution is 2.29. The van der Waals surface area contributed by atoms with Crippen LogP contribution in [0.25, 0.3) is 0 Å². The maximum absolute atomic E-state index is 12.4. The van der Waals surface area contributed by atoms with Gasteiger partial charge >= 0.3 is 6.18 Å². The molecule has 1 aromatic rings. The first kappa shape index (κ1) is 14.0. The zero-order valence-corrected chi connectivity index (χ0v) is 9.51. The van der Waals surface area contributed by atoms with Crippen molar-refractivity contribution in [3.63, 3.8) is 0 Å². The number of alkyl halides is 3. The van der Waals surface area contributed by atoms with Crippen molar-refractivity contribution in [2.24, 2.45) is 0 Å². The molecular formula is C9H12F3N5O. The first-order chi connectivity index (χ1) is 8.32. The number of nitrogens with two attached hydrogens (primary N) is 1. The zero-order valence-electron chi connectivity index (χ0n) is 9.51. The Hall–Kier alpha value is -2.06. The number of rotatable bonds is 4. The van der Waals surface area contributed by atoms with Gasteiger partial charge in [0.2, 0.25) is 11.9 Å². The van der Waals surface area contributed by atoms with E-state index in [0.717, 1.165) is 0 Å². The quantitative estimate of drug-likeness (QED) is 0.740. The summed E-state index contributed by atoms with van der Waals surface area (Å²) in [5.41, 5.74) is 4.00. The van der Waals surface area contributed by atoms with Gasteiger partial charge < -0.3 is 16.4 Å². The summed E-state index contributed by atoms with van der Waals surface area (Å²) in [6.45, 7) is 1.96. The molecular weight excluding hydrogens is 251 g/mol. The van der Waals surface area contributed by atoms with Crippen molar-refractivity contribution < 1.29 is 18.0 Å². The lowest BCUT2D eigenvalue weighted by atomic mass is 10.3. The molecule has 0 aliphatic carbocycles. The summed E-state index contributed by atoms with van der Waals surface area (Å²) in [4.78, 5) is 17.7. The molecule has 100 valence electrons. The number of carbonyl (C=O) groups is 1. The van der Waals surface area contributed by atoms with E-state index in [9.17, 15) is 18.0 Å². The number of likely N-dealkylation sites (N-methyl/N-ethyl adjacent to an activating group) is 1. The van der Waals surface area contributed by atoms with Gasteiger partial charge in [0.1, 0.15) is 5.82 Å². The lowest BCUT2D eigenvalue weighted by Gasteiger charge is -2.10. The van der Waals surface area contributed by atoms with Crippen LogP contribution in [0.5, 0.6) is 0 Å². The fraction of sp³-hybridized carbons (Fsp3) is 0.444. The van der Waals surface area contributed by atoms with E-state index in [1.54, 1.807) is 6.92 Å². The first-order valence-corrected chi connectivity index (χ1v) is 5.05. The summed E-state index contributed by atoms with van der Waals surface area (Å²) >= 11 is 0. The van der Waals surface area contributed by atoms with E-state index in [-0.39, 0.29) is 18.3 Å². The van der Waals surface area contributed by atoms with Gasteiger partial charge in [0.05, 0.1) is 6.54 Å².